The van der Waals surface area contributed by atoms with Crippen molar-refractivity contribution >= 4 is 34.3 Å². The minimum atomic E-state index is -0.120. The average molecular weight is 388 g/mol. The smallest absolute Gasteiger partial charge is 0.225 e. The molecule has 0 unspecified atom stereocenters. The fourth-order valence-corrected chi connectivity index (χ4v) is 4.36. The number of carbonyl (C=O) groups is 1. The summed E-state index contributed by atoms with van der Waals surface area (Å²) in [6, 6.07) is 13.5. The van der Waals surface area contributed by atoms with Gasteiger partial charge >= 0.3 is 0 Å². The first-order valence-corrected chi connectivity index (χ1v) is 10.3. The number of nitrogens with one attached hydrogen (secondary N) is 1. The quantitative estimate of drug-likeness (QED) is 0.517. The number of carbonyl (C=O) groups excluding carboxylic acids is 1. The van der Waals surface area contributed by atoms with Crippen LogP contribution in [-0.2, 0) is 17.6 Å². The molecule has 0 radical (unpaired) electrons. The van der Waals surface area contributed by atoms with Crippen LogP contribution in [0.25, 0.3) is 10.9 Å². The summed E-state index contributed by atoms with van der Waals surface area (Å²) in [5.74, 6) is 0.460. The first-order chi connectivity index (χ1) is 13.6. The number of aromatic nitrogens is 2. The molecule has 0 saturated carbocycles. The van der Waals surface area contributed by atoms with Gasteiger partial charge in [0.05, 0.1) is 16.8 Å². The number of fused-ring (bicyclic) bond motifs is 2. The molecule has 3 aromatic rings. The van der Waals surface area contributed by atoms with Gasteiger partial charge < -0.3 is 5.32 Å². The molecule has 4 rings (SSSR count). The van der Waals surface area contributed by atoms with E-state index in [0.717, 1.165) is 29.4 Å². The van der Waals surface area contributed by atoms with Crippen LogP contribution >= 0.6 is 11.8 Å². The van der Waals surface area contributed by atoms with Crippen LogP contribution in [0.2, 0.25) is 0 Å². The molecular formula is C22H20N4OS. The Kier molecular flexibility index (Phi) is 5.27. The average Bonchev–Trinajstić information content (AvgIpc) is 3.14. The second kappa shape index (κ2) is 7.99. The van der Waals surface area contributed by atoms with Gasteiger partial charge in [0.15, 0.2) is 5.16 Å². The summed E-state index contributed by atoms with van der Waals surface area (Å²) in [4.78, 5) is 21.5. The van der Waals surface area contributed by atoms with Gasteiger partial charge in [-0.25, -0.2) is 9.97 Å². The first-order valence-electron chi connectivity index (χ1n) is 9.36. The zero-order valence-corrected chi connectivity index (χ0v) is 16.5. The van der Waals surface area contributed by atoms with E-state index in [-0.39, 0.29) is 5.91 Å². The van der Waals surface area contributed by atoms with Gasteiger partial charge in [0.25, 0.3) is 0 Å². The lowest BCUT2D eigenvalue weighted by atomic mass is 10.1. The fourth-order valence-electron chi connectivity index (χ4n) is 3.53. The van der Waals surface area contributed by atoms with E-state index in [1.807, 2.05) is 6.92 Å². The summed E-state index contributed by atoms with van der Waals surface area (Å²) < 4.78 is 0. The number of aryl methyl sites for hydroxylation is 3. The standard InChI is InChI=1S/C22H20N4OS/c1-14-18-11-15-6-4-7-16(15)12-20(18)26-22(24-14)28-10-9-21(27)25-19-8-3-2-5-17(19)13-23/h2-3,5,8,11-12H,4,6-7,9-10H2,1H3,(H,25,27). The van der Waals surface area contributed by atoms with Crippen LogP contribution in [0.1, 0.15) is 35.2 Å². The molecule has 1 heterocycles. The van der Waals surface area contributed by atoms with Crippen LogP contribution < -0.4 is 5.32 Å². The SMILES string of the molecule is Cc1nc(SCCC(=O)Nc2ccccc2C#N)nc2cc3c(cc12)CCC3. The number of para-hydroxylation sites is 1. The Morgan fingerprint density at radius 1 is 1.21 bits per heavy atom. The highest BCUT2D eigenvalue weighted by atomic mass is 32.2. The highest BCUT2D eigenvalue weighted by molar-refractivity contribution is 7.99. The number of amides is 1. The Labute approximate surface area is 168 Å². The van der Waals surface area contributed by atoms with Crippen molar-refractivity contribution in [3.8, 4) is 6.07 Å². The lowest BCUT2D eigenvalue weighted by Crippen LogP contribution is -2.13. The topological polar surface area (TPSA) is 78.7 Å². The van der Waals surface area contributed by atoms with Gasteiger partial charge in [-0.05, 0) is 61.6 Å². The third-order valence-corrected chi connectivity index (χ3v) is 5.81. The largest absolute Gasteiger partial charge is 0.325 e. The third-order valence-electron chi connectivity index (χ3n) is 4.96. The minimum Gasteiger partial charge on any atom is -0.325 e. The third kappa shape index (κ3) is 3.85. The molecular weight excluding hydrogens is 368 g/mol. The predicted molar refractivity (Wildman–Crippen MR) is 111 cm³/mol. The zero-order valence-electron chi connectivity index (χ0n) is 15.7. The van der Waals surface area contributed by atoms with Gasteiger partial charge in [0.1, 0.15) is 6.07 Å². The Balaban J connectivity index is 1.41. The number of hydrogen-bond acceptors (Lipinski definition) is 5. The summed E-state index contributed by atoms with van der Waals surface area (Å²) >= 11 is 1.48. The van der Waals surface area contributed by atoms with Gasteiger partial charge in [-0.3, -0.25) is 4.79 Å². The zero-order chi connectivity index (χ0) is 19.5. The summed E-state index contributed by atoms with van der Waals surface area (Å²) in [6.45, 7) is 2.01. The lowest BCUT2D eigenvalue weighted by Gasteiger charge is -2.09. The Morgan fingerprint density at radius 2 is 2.00 bits per heavy atom. The molecule has 140 valence electrons. The van der Waals surface area contributed by atoms with Crippen molar-refractivity contribution in [3.63, 3.8) is 0 Å². The van der Waals surface area contributed by atoms with Gasteiger partial charge in [0, 0.05) is 23.3 Å². The minimum absolute atomic E-state index is 0.120. The Bertz CT molecular complexity index is 1100. The fraction of sp³-hybridized carbons (Fsp3) is 0.273. The van der Waals surface area contributed by atoms with Crippen molar-refractivity contribution in [2.75, 3.05) is 11.1 Å². The molecule has 0 atom stereocenters. The van der Waals surface area contributed by atoms with Crippen LogP contribution in [0.5, 0.6) is 0 Å². The molecule has 28 heavy (non-hydrogen) atoms. The van der Waals surface area contributed by atoms with E-state index in [4.69, 9.17) is 10.2 Å². The van der Waals surface area contributed by atoms with E-state index < -0.39 is 0 Å². The van der Waals surface area contributed by atoms with Crippen molar-refractivity contribution in [2.24, 2.45) is 0 Å². The van der Waals surface area contributed by atoms with Crippen LogP contribution in [0.3, 0.4) is 0 Å². The number of hydrogen-bond donors (Lipinski definition) is 1. The molecule has 1 aliphatic carbocycles. The molecule has 0 bridgehead atoms. The lowest BCUT2D eigenvalue weighted by molar-refractivity contribution is -0.115. The van der Waals surface area contributed by atoms with Gasteiger partial charge in [-0.2, -0.15) is 5.26 Å². The summed E-state index contributed by atoms with van der Waals surface area (Å²) in [5.41, 5.74) is 5.81. The Morgan fingerprint density at radius 3 is 2.82 bits per heavy atom. The second-order valence-electron chi connectivity index (χ2n) is 6.89. The van der Waals surface area contributed by atoms with E-state index in [2.05, 4.69) is 28.5 Å². The van der Waals surface area contributed by atoms with E-state index in [0.29, 0.717) is 28.6 Å². The van der Waals surface area contributed by atoms with Gasteiger partial charge in [-0.1, -0.05) is 23.9 Å². The molecule has 0 spiro atoms. The molecule has 5 nitrogen and oxygen atoms in total. The van der Waals surface area contributed by atoms with E-state index in [1.54, 1.807) is 24.3 Å². The first kappa shape index (κ1) is 18.5. The molecule has 0 aliphatic heterocycles. The number of rotatable bonds is 5. The molecule has 6 heteroatoms. The Hall–Kier alpha value is -2.91. The van der Waals surface area contributed by atoms with Gasteiger partial charge in [0.2, 0.25) is 5.91 Å². The predicted octanol–water partition coefficient (Wildman–Crippen LogP) is 4.42. The number of anilines is 1. The van der Waals surface area contributed by atoms with Crippen molar-refractivity contribution in [3.05, 3.63) is 58.8 Å². The van der Waals surface area contributed by atoms with E-state index >= 15 is 0 Å². The second-order valence-corrected chi connectivity index (χ2v) is 7.95. The molecule has 0 fully saturated rings. The number of nitrogens with zero attached hydrogens (tertiary/aromatic N) is 3. The van der Waals surface area contributed by atoms with Crippen molar-refractivity contribution in [1.82, 2.24) is 9.97 Å². The monoisotopic (exact) mass is 388 g/mol. The van der Waals surface area contributed by atoms with Crippen LogP contribution in [-0.4, -0.2) is 21.6 Å². The molecule has 1 amide bonds. The summed E-state index contributed by atoms with van der Waals surface area (Å²) in [6.07, 6.45) is 3.81. The molecule has 2 aromatic carbocycles. The molecule has 1 aliphatic rings. The van der Waals surface area contributed by atoms with Crippen LogP contribution in [0.15, 0.2) is 41.6 Å². The van der Waals surface area contributed by atoms with Crippen molar-refractivity contribution < 1.29 is 4.79 Å². The normalized spacial score (nSPS) is 12.6. The van der Waals surface area contributed by atoms with E-state index in [1.165, 1.54) is 29.3 Å². The molecule has 1 aromatic heterocycles. The van der Waals surface area contributed by atoms with Gasteiger partial charge in [-0.15, -0.1) is 0 Å². The summed E-state index contributed by atoms with van der Waals surface area (Å²) in [5, 5.41) is 13.7. The van der Waals surface area contributed by atoms with Crippen molar-refractivity contribution in [2.45, 2.75) is 37.8 Å². The molecule has 1 N–H and O–H groups in total. The van der Waals surface area contributed by atoms with Crippen LogP contribution in [0.4, 0.5) is 5.69 Å². The van der Waals surface area contributed by atoms with Crippen LogP contribution in [0, 0.1) is 18.3 Å². The summed E-state index contributed by atoms with van der Waals surface area (Å²) in [7, 11) is 0. The maximum absolute atomic E-state index is 12.2. The maximum Gasteiger partial charge on any atom is 0.225 e. The number of benzene rings is 2. The van der Waals surface area contributed by atoms with E-state index in [9.17, 15) is 4.79 Å². The highest BCUT2D eigenvalue weighted by Crippen LogP contribution is 2.29. The van der Waals surface area contributed by atoms with Crippen molar-refractivity contribution in [1.29, 1.82) is 5.26 Å². The highest BCUT2D eigenvalue weighted by Gasteiger charge is 2.15. The number of thioether (sulfide) groups is 1. The number of nitriles is 1. The maximum atomic E-state index is 12.2. The molecule has 0 saturated heterocycles.